The average molecular weight is 344 g/mol. The topological polar surface area (TPSA) is 59.6 Å². The molecule has 6 nitrogen and oxygen atoms in total. The number of aromatic nitrogens is 3. The molecule has 7 heteroatoms. The Kier molecular flexibility index (Phi) is 3.88. The molecule has 4 heterocycles. The summed E-state index contributed by atoms with van der Waals surface area (Å²) in [5.74, 6) is 0.713. The summed E-state index contributed by atoms with van der Waals surface area (Å²) in [6, 6.07) is 3.89. The summed E-state index contributed by atoms with van der Waals surface area (Å²) in [6.45, 7) is 3.47. The zero-order valence-corrected chi connectivity index (χ0v) is 14.5. The van der Waals surface area contributed by atoms with E-state index in [1.807, 2.05) is 33.7 Å². The van der Waals surface area contributed by atoms with E-state index in [4.69, 9.17) is 0 Å². The number of hydrogen-bond donors (Lipinski definition) is 0. The van der Waals surface area contributed by atoms with E-state index in [0.717, 1.165) is 42.0 Å². The first-order chi connectivity index (χ1) is 11.6. The zero-order chi connectivity index (χ0) is 16.7. The van der Waals surface area contributed by atoms with E-state index in [1.54, 1.807) is 11.3 Å². The van der Waals surface area contributed by atoms with Crippen LogP contribution in [0.25, 0.3) is 15.7 Å². The Morgan fingerprint density at radius 1 is 1.21 bits per heavy atom. The fourth-order valence-corrected chi connectivity index (χ4v) is 4.29. The first kappa shape index (κ1) is 15.4. The number of rotatable bonds is 2. The van der Waals surface area contributed by atoms with Crippen molar-refractivity contribution in [3.8, 4) is 0 Å². The minimum Gasteiger partial charge on any atom is -0.341 e. The lowest BCUT2D eigenvalue weighted by atomic mass is 10.2. The minimum atomic E-state index is -0.202. The van der Waals surface area contributed by atoms with Gasteiger partial charge in [0.1, 0.15) is 17.9 Å². The number of fused-ring (bicyclic) bond motifs is 3. The molecule has 0 saturated carbocycles. The molecule has 0 bridgehead atoms. The van der Waals surface area contributed by atoms with Crippen LogP contribution in [0.1, 0.15) is 31.5 Å². The maximum absolute atomic E-state index is 12.7. The standard InChI is InChI=1S/C17H20N4O2S/c1-12-18-20(11-16(22)19-7-4-2-3-5-8-19)17(23)14-10-15-13(21(12)14)6-9-24-15/h6,9-10H,2-5,7-8,11H2,1H3. The molecule has 3 aromatic heterocycles. The van der Waals surface area contributed by atoms with Crippen molar-refractivity contribution < 1.29 is 4.79 Å². The maximum atomic E-state index is 12.7. The Morgan fingerprint density at radius 3 is 2.71 bits per heavy atom. The third-order valence-electron chi connectivity index (χ3n) is 4.71. The number of nitrogens with zero attached hydrogens (tertiary/aromatic N) is 4. The van der Waals surface area contributed by atoms with Crippen LogP contribution in [0.15, 0.2) is 22.3 Å². The lowest BCUT2D eigenvalue weighted by Gasteiger charge is -2.20. The molecule has 3 aromatic rings. The number of amides is 1. The van der Waals surface area contributed by atoms with Crippen LogP contribution in [0.4, 0.5) is 0 Å². The van der Waals surface area contributed by atoms with Gasteiger partial charge in [0.05, 0.1) is 10.2 Å². The van der Waals surface area contributed by atoms with Gasteiger partial charge in [-0.2, -0.15) is 5.10 Å². The molecule has 1 saturated heterocycles. The first-order valence-corrected chi connectivity index (χ1v) is 9.27. The van der Waals surface area contributed by atoms with E-state index < -0.39 is 0 Å². The molecule has 1 aliphatic rings. The fraction of sp³-hybridized carbons (Fsp3) is 0.471. The first-order valence-electron chi connectivity index (χ1n) is 8.39. The van der Waals surface area contributed by atoms with Gasteiger partial charge in [0.2, 0.25) is 5.91 Å². The molecule has 1 amide bonds. The summed E-state index contributed by atoms with van der Waals surface area (Å²) in [5, 5.41) is 6.39. The normalized spacial score (nSPS) is 16.0. The third-order valence-corrected chi connectivity index (χ3v) is 5.56. The molecule has 1 aliphatic heterocycles. The molecule has 1 fully saturated rings. The van der Waals surface area contributed by atoms with Crippen molar-refractivity contribution in [2.45, 2.75) is 39.2 Å². The van der Waals surface area contributed by atoms with E-state index in [0.29, 0.717) is 5.52 Å². The van der Waals surface area contributed by atoms with Crippen LogP contribution >= 0.6 is 11.3 Å². The largest absolute Gasteiger partial charge is 0.341 e. The van der Waals surface area contributed by atoms with Crippen LogP contribution in [0, 0.1) is 6.92 Å². The second kappa shape index (κ2) is 6.05. The van der Waals surface area contributed by atoms with Crippen LogP contribution < -0.4 is 5.56 Å². The van der Waals surface area contributed by atoms with Gasteiger partial charge in [-0.1, -0.05) is 12.8 Å². The number of thiophene rings is 1. The van der Waals surface area contributed by atoms with Crippen molar-refractivity contribution >= 4 is 33.0 Å². The number of hydrogen-bond acceptors (Lipinski definition) is 4. The van der Waals surface area contributed by atoms with E-state index in [-0.39, 0.29) is 18.0 Å². The Morgan fingerprint density at radius 2 is 1.96 bits per heavy atom. The van der Waals surface area contributed by atoms with Gasteiger partial charge < -0.3 is 4.90 Å². The van der Waals surface area contributed by atoms with Crippen molar-refractivity contribution in [1.29, 1.82) is 0 Å². The van der Waals surface area contributed by atoms with E-state index >= 15 is 0 Å². The zero-order valence-electron chi connectivity index (χ0n) is 13.7. The number of likely N-dealkylation sites (tertiary alicyclic amines) is 1. The lowest BCUT2D eigenvalue weighted by molar-refractivity contribution is -0.132. The molecular weight excluding hydrogens is 324 g/mol. The Labute approximate surface area is 143 Å². The van der Waals surface area contributed by atoms with Crippen molar-refractivity contribution in [1.82, 2.24) is 19.1 Å². The summed E-state index contributed by atoms with van der Waals surface area (Å²) in [5.41, 5.74) is 1.39. The fourth-order valence-electron chi connectivity index (χ4n) is 3.48. The molecule has 0 radical (unpaired) electrons. The van der Waals surface area contributed by atoms with Gasteiger partial charge in [-0.3, -0.25) is 14.0 Å². The molecule has 0 unspecified atom stereocenters. The monoisotopic (exact) mass is 344 g/mol. The predicted octanol–water partition coefficient (Wildman–Crippen LogP) is 2.42. The molecular formula is C17H20N4O2S. The summed E-state index contributed by atoms with van der Waals surface area (Å²) in [6.07, 6.45) is 4.43. The van der Waals surface area contributed by atoms with Crippen LogP contribution in [0.3, 0.4) is 0 Å². The predicted molar refractivity (Wildman–Crippen MR) is 94.6 cm³/mol. The maximum Gasteiger partial charge on any atom is 0.291 e. The summed E-state index contributed by atoms with van der Waals surface area (Å²) >= 11 is 1.60. The summed E-state index contributed by atoms with van der Waals surface area (Å²) < 4.78 is 4.26. The van der Waals surface area contributed by atoms with Crippen LogP contribution in [0.2, 0.25) is 0 Å². The highest BCUT2D eigenvalue weighted by molar-refractivity contribution is 7.17. The second-order valence-electron chi connectivity index (χ2n) is 6.34. The number of carbonyl (C=O) groups excluding carboxylic acids is 1. The molecule has 0 spiro atoms. The van der Waals surface area contributed by atoms with Crippen molar-refractivity contribution in [3.63, 3.8) is 0 Å². The average Bonchev–Trinajstić information content (AvgIpc) is 3.03. The van der Waals surface area contributed by atoms with Gasteiger partial charge in [0.25, 0.3) is 5.56 Å². The van der Waals surface area contributed by atoms with Crippen molar-refractivity contribution in [2.75, 3.05) is 13.1 Å². The van der Waals surface area contributed by atoms with Crippen LogP contribution in [0.5, 0.6) is 0 Å². The molecule has 0 aromatic carbocycles. The van der Waals surface area contributed by atoms with Crippen LogP contribution in [-0.2, 0) is 11.3 Å². The highest BCUT2D eigenvalue weighted by Gasteiger charge is 2.19. The van der Waals surface area contributed by atoms with Gasteiger partial charge in [0.15, 0.2) is 0 Å². The number of carbonyl (C=O) groups is 1. The number of aryl methyl sites for hydroxylation is 1. The summed E-state index contributed by atoms with van der Waals surface area (Å²) in [7, 11) is 0. The SMILES string of the molecule is Cc1nn(CC(=O)N2CCCCCC2)c(=O)c2cc3sccc3n12. The molecule has 0 aliphatic carbocycles. The van der Waals surface area contributed by atoms with E-state index in [2.05, 4.69) is 5.10 Å². The summed E-state index contributed by atoms with van der Waals surface area (Å²) in [4.78, 5) is 27.2. The van der Waals surface area contributed by atoms with E-state index in [9.17, 15) is 9.59 Å². The Bertz CT molecular complexity index is 960. The second-order valence-corrected chi connectivity index (χ2v) is 7.29. The van der Waals surface area contributed by atoms with Crippen molar-refractivity contribution in [2.24, 2.45) is 0 Å². The highest BCUT2D eigenvalue weighted by atomic mass is 32.1. The van der Waals surface area contributed by atoms with Crippen LogP contribution in [-0.4, -0.2) is 38.1 Å². The van der Waals surface area contributed by atoms with Gasteiger partial charge in [-0.05, 0) is 37.3 Å². The van der Waals surface area contributed by atoms with E-state index in [1.165, 1.54) is 17.5 Å². The van der Waals surface area contributed by atoms with Gasteiger partial charge in [-0.25, -0.2) is 4.68 Å². The van der Waals surface area contributed by atoms with Gasteiger partial charge in [0, 0.05) is 13.1 Å². The lowest BCUT2D eigenvalue weighted by Crippen LogP contribution is -2.38. The van der Waals surface area contributed by atoms with Gasteiger partial charge >= 0.3 is 0 Å². The molecule has 0 atom stereocenters. The quantitative estimate of drug-likeness (QED) is 0.717. The third kappa shape index (κ3) is 2.53. The Hall–Kier alpha value is -2.15. The minimum absolute atomic E-state index is 0.0105. The molecule has 4 rings (SSSR count). The Balaban J connectivity index is 1.70. The molecule has 24 heavy (non-hydrogen) atoms. The highest BCUT2D eigenvalue weighted by Crippen LogP contribution is 2.24. The molecule has 126 valence electrons. The van der Waals surface area contributed by atoms with Gasteiger partial charge in [-0.15, -0.1) is 11.3 Å². The molecule has 0 N–H and O–H groups in total. The van der Waals surface area contributed by atoms with Crippen molar-refractivity contribution in [3.05, 3.63) is 33.7 Å². The smallest absolute Gasteiger partial charge is 0.291 e.